The summed E-state index contributed by atoms with van der Waals surface area (Å²) in [6.07, 6.45) is 0. The summed E-state index contributed by atoms with van der Waals surface area (Å²) >= 11 is 0. The SMILES string of the molecule is CNCCNS(=O)(=O)c1ccc2c(c1)n(C)c(=O)n2C.Cl. The summed E-state index contributed by atoms with van der Waals surface area (Å²) < 4.78 is 29.7. The molecule has 1 aromatic carbocycles. The molecule has 0 aliphatic heterocycles. The Balaban J connectivity index is 0.00000220. The van der Waals surface area contributed by atoms with Crippen LogP contribution < -0.4 is 15.7 Å². The minimum absolute atomic E-state index is 0. The van der Waals surface area contributed by atoms with Crippen molar-refractivity contribution in [2.75, 3.05) is 20.1 Å². The normalized spacial score (nSPS) is 11.6. The number of nitrogens with one attached hydrogen (secondary N) is 2. The fourth-order valence-corrected chi connectivity index (χ4v) is 3.10. The summed E-state index contributed by atoms with van der Waals surface area (Å²) in [5, 5.41) is 2.87. The van der Waals surface area contributed by atoms with Gasteiger partial charge >= 0.3 is 5.69 Å². The van der Waals surface area contributed by atoms with Gasteiger partial charge in [0.25, 0.3) is 0 Å². The molecule has 0 spiro atoms. The van der Waals surface area contributed by atoms with Crippen molar-refractivity contribution in [1.82, 2.24) is 19.2 Å². The number of fused-ring (bicyclic) bond motifs is 1. The van der Waals surface area contributed by atoms with Crippen molar-refractivity contribution in [2.24, 2.45) is 14.1 Å². The number of hydrogen-bond acceptors (Lipinski definition) is 4. The molecule has 0 fully saturated rings. The highest BCUT2D eigenvalue weighted by atomic mass is 35.5. The number of halogens is 1. The Labute approximate surface area is 129 Å². The van der Waals surface area contributed by atoms with Gasteiger partial charge in [0, 0.05) is 27.2 Å². The Kier molecular flexibility index (Phi) is 5.57. The number of imidazole rings is 1. The fourth-order valence-electron chi connectivity index (χ4n) is 2.05. The van der Waals surface area contributed by atoms with Crippen LogP contribution in [0.1, 0.15) is 0 Å². The first-order valence-electron chi connectivity index (χ1n) is 6.18. The van der Waals surface area contributed by atoms with Crippen LogP contribution in [0.15, 0.2) is 27.9 Å². The predicted octanol–water partition coefficient (Wildman–Crippen LogP) is -0.203. The van der Waals surface area contributed by atoms with Gasteiger partial charge in [0.15, 0.2) is 0 Å². The molecule has 0 aliphatic rings. The Hall–Kier alpha value is -1.35. The molecule has 1 aromatic heterocycles. The van der Waals surface area contributed by atoms with Gasteiger partial charge < -0.3 is 5.32 Å². The second-order valence-electron chi connectivity index (χ2n) is 4.55. The summed E-state index contributed by atoms with van der Waals surface area (Å²) in [5.74, 6) is 0. The molecular formula is C12H19ClN4O3S. The highest BCUT2D eigenvalue weighted by Crippen LogP contribution is 2.17. The lowest BCUT2D eigenvalue weighted by atomic mass is 10.3. The zero-order valence-corrected chi connectivity index (χ0v) is 13.7. The van der Waals surface area contributed by atoms with Crippen LogP contribution >= 0.6 is 12.4 Å². The van der Waals surface area contributed by atoms with Crippen molar-refractivity contribution in [3.05, 3.63) is 28.7 Å². The molecule has 1 heterocycles. The molecule has 0 bridgehead atoms. The van der Waals surface area contributed by atoms with E-state index in [2.05, 4.69) is 10.0 Å². The van der Waals surface area contributed by atoms with Crippen LogP contribution in [0.2, 0.25) is 0 Å². The average molecular weight is 335 g/mol. The van der Waals surface area contributed by atoms with Gasteiger partial charge in [0.05, 0.1) is 15.9 Å². The number of nitrogens with zero attached hydrogens (tertiary/aromatic N) is 2. The van der Waals surface area contributed by atoms with Crippen LogP contribution in [0.3, 0.4) is 0 Å². The Bertz CT molecular complexity index is 795. The number of hydrogen-bond donors (Lipinski definition) is 2. The molecule has 0 saturated carbocycles. The number of aromatic nitrogens is 2. The van der Waals surface area contributed by atoms with E-state index in [1.54, 1.807) is 27.2 Å². The lowest BCUT2D eigenvalue weighted by molar-refractivity contribution is 0.579. The third-order valence-corrected chi connectivity index (χ3v) is 4.68. The molecule has 0 saturated heterocycles. The lowest BCUT2D eigenvalue weighted by Crippen LogP contribution is -2.30. The van der Waals surface area contributed by atoms with Crippen molar-refractivity contribution in [3.63, 3.8) is 0 Å². The standard InChI is InChI=1S/C12H18N4O3S.ClH/c1-13-6-7-14-20(18,19)9-4-5-10-11(8-9)16(3)12(17)15(10)2;/h4-5,8,13-14H,6-7H2,1-3H3;1H. The van der Waals surface area contributed by atoms with E-state index in [-0.39, 0.29) is 23.0 Å². The third kappa shape index (κ3) is 3.29. The highest BCUT2D eigenvalue weighted by molar-refractivity contribution is 7.89. The van der Waals surface area contributed by atoms with Gasteiger partial charge in [-0.25, -0.2) is 17.9 Å². The number of sulfonamides is 1. The summed E-state index contributed by atoms with van der Waals surface area (Å²) in [4.78, 5) is 12.0. The smallest absolute Gasteiger partial charge is 0.318 e. The molecule has 2 N–H and O–H groups in total. The molecule has 0 unspecified atom stereocenters. The van der Waals surface area contributed by atoms with Crippen LogP contribution in [0.5, 0.6) is 0 Å². The topological polar surface area (TPSA) is 85.1 Å². The van der Waals surface area contributed by atoms with Crippen molar-refractivity contribution in [2.45, 2.75) is 4.90 Å². The molecule has 0 amide bonds. The maximum atomic E-state index is 12.1. The zero-order valence-electron chi connectivity index (χ0n) is 12.1. The number of aryl methyl sites for hydroxylation is 2. The first-order chi connectivity index (χ1) is 9.38. The Morgan fingerprint density at radius 2 is 1.71 bits per heavy atom. The Morgan fingerprint density at radius 1 is 1.10 bits per heavy atom. The van der Waals surface area contributed by atoms with Crippen LogP contribution in [0.4, 0.5) is 0 Å². The second kappa shape index (κ2) is 6.61. The molecule has 7 nitrogen and oxygen atoms in total. The molecule has 0 atom stereocenters. The quantitative estimate of drug-likeness (QED) is 0.741. The first-order valence-corrected chi connectivity index (χ1v) is 7.66. The molecule has 2 aromatic rings. The monoisotopic (exact) mass is 334 g/mol. The second-order valence-corrected chi connectivity index (χ2v) is 6.32. The number of likely N-dealkylation sites (N-methyl/N-ethyl adjacent to an activating group) is 1. The molecule has 118 valence electrons. The van der Waals surface area contributed by atoms with Gasteiger partial charge in [-0.2, -0.15) is 0 Å². The van der Waals surface area contributed by atoms with Crippen LogP contribution in [-0.2, 0) is 24.1 Å². The molecule has 21 heavy (non-hydrogen) atoms. The largest absolute Gasteiger partial charge is 0.328 e. The number of benzene rings is 1. The maximum Gasteiger partial charge on any atom is 0.328 e. The van der Waals surface area contributed by atoms with Gasteiger partial charge in [-0.15, -0.1) is 12.4 Å². The summed E-state index contributed by atoms with van der Waals surface area (Å²) in [7, 11) is 1.47. The van der Waals surface area contributed by atoms with Gasteiger partial charge in [-0.1, -0.05) is 0 Å². The van der Waals surface area contributed by atoms with Crippen molar-refractivity contribution in [3.8, 4) is 0 Å². The minimum Gasteiger partial charge on any atom is -0.318 e. The predicted molar refractivity (Wildman–Crippen MR) is 84.5 cm³/mol. The fraction of sp³-hybridized carbons (Fsp3) is 0.417. The lowest BCUT2D eigenvalue weighted by Gasteiger charge is -2.07. The van der Waals surface area contributed by atoms with E-state index in [4.69, 9.17) is 0 Å². The summed E-state index contributed by atoms with van der Waals surface area (Å²) in [6, 6.07) is 4.66. The number of rotatable bonds is 5. The van der Waals surface area contributed by atoms with Crippen molar-refractivity contribution < 1.29 is 8.42 Å². The van der Waals surface area contributed by atoms with Crippen LogP contribution in [0, 0.1) is 0 Å². The minimum atomic E-state index is -3.56. The summed E-state index contributed by atoms with van der Waals surface area (Å²) in [6.45, 7) is 0.857. The molecular weight excluding hydrogens is 316 g/mol. The first kappa shape index (κ1) is 17.7. The molecule has 0 aliphatic carbocycles. The van der Waals surface area contributed by atoms with Crippen LogP contribution in [0.25, 0.3) is 11.0 Å². The van der Waals surface area contributed by atoms with Gasteiger partial charge in [-0.3, -0.25) is 9.13 Å². The average Bonchev–Trinajstić information content (AvgIpc) is 2.64. The third-order valence-electron chi connectivity index (χ3n) is 3.22. The van der Waals surface area contributed by atoms with E-state index in [0.29, 0.717) is 24.1 Å². The van der Waals surface area contributed by atoms with Crippen LogP contribution in [-0.4, -0.2) is 37.7 Å². The summed E-state index contributed by atoms with van der Waals surface area (Å²) in [5.41, 5.74) is 1.11. The van der Waals surface area contributed by atoms with E-state index in [1.165, 1.54) is 21.3 Å². The molecule has 2 rings (SSSR count). The van der Waals surface area contributed by atoms with E-state index in [1.807, 2.05) is 0 Å². The van der Waals surface area contributed by atoms with Gasteiger partial charge in [0.1, 0.15) is 0 Å². The highest BCUT2D eigenvalue weighted by Gasteiger charge is 2.16. The van der Waals surface area contributed by atoms with E-state index < -0.39 is 10.0 Å². The van der Waals surface area contributed by atoms with Crippen molar-refractivity contribution in [1.29, 1.82) is 0 Å². The molecule has 0 radical (unpaired) electrons. The zero-order chi connectivity index (χ0) is 14.9. The van der Waals surface area contributed by atoms with E-state index in [9.17, 15) is 13.2 Å². The maximum absolute atomic E-state index is 12.1. The van der Waals surface area contributed by atoms with Gasteiger partial charge in [-0.05, 0) is 25.2 Å². The van der Waals surface area contributed by atoms with E-state index >= 15 is 0 Å². The van der Waals surface area contributed by atoms with Crippen molar-refractivity contribution >= 4 is 33.5 Å². The van der Waals surface area contributed by atoms with E-state index in [0.717, 1.165) is 0 Å². The Morgan fingerprint density at radius 3 is 2.33 bits per heavy atom. The van der Waals surface area contributed by atoms with Gasteiger partial charge in [0.2, 0.25) is 10.0 Å². The molecule has 9 heteroatoms.